The SMILES string of the molecule is N=C(N)c1cc(CSc2ncccn2)ccn1. The van der Waals surface area contributed by atoms with E-state index in [0.29, 0.717) is 5.69 Å². The van der Waals surface area contributed by atoms with Crippen molar-refractivity contribution in [2.45, 2.75) is 10.9 Å². The summed E-state index contributed by atoms with van der Waals surface area (Å²) in [6, 6.07) is 5.48. The van der Waals surface area contributed by atoms with E-state index in [1.165, 1.54) is 11.8 Å². The fourth-order valence-electron chi connectivity index (χ4n) is 1.22. The first-order valence-electron chi connectivity index (χ1n) is 4.95. The predicted octanol–water partition coefficient (Wildman–Crippen LogP) is 1.45. The van der Waals surface area contributed by atoms with E-state index in [1.54, 1.807) is 30.7 Å². The van der Waals surface area contributed by atoms with Gasteiger partial charge in [0.05, 0.1) is 0 Å². The molecular formula is C11H11N5S. The molecular weight excluding hydrogens is 234 g/mol. The van der Waals surface area contributed by atoms with Gasteiger partial charge in [-0.2, -0.15) is 0 Å². The van der Waals surface area contributed by atoms with Crippen molar-refractivity contribution in [3.63, 3.8) is 0 Å². The largest absolute Gasteiger partial charge is 0.382 e. The summed E-state index contributed by atoms with van der Waals surface area (Å²) in [4.78, 5) is 12.2. The maximum Gasteiger partial charge on any atom is 0.187 e. The Balaban J connectivity index is 2.04. The van der Waals surface area contributed by atoms with Gasteiger partial charge in [-0.1, -0.05) is 11.8 Å². The van der Waals surface area contributed by atoms with Crippen molar-refractivity contribution in [3.8, 4) is 0 Å². The van der Waals surface area contributed by atoms with Gasteiger partial charge in [-0.05, 0) is 23.8 Å². The highest BCUT2D eigenvalue weighted by molar-refractivity contribution is 7.98. The molecule has 2 rings (SSSR count). The van der Waals surface area contributed by atoms with E-state index >= 15 is 0 Å². The third kappa shape index (κ3) is 3.25. The lowest BCUT2D eigenvalue weighted by atomic mass is 10.2. The van der Waals surface area contributed by atoms with Gasteiger partial charge in [-0.25, -0.2) is 9.97 Å². The number of nitrogens with two attached hydrogens (primary N) is 1. The number of thioether (sulfide) groups is 1. The summed E-state index contributed by atoms with van der Waals surface area (Å²) in [5.74, 6) is 0.708. The van der Waals surface area contributed by atoms with Crippen LogP contribution in [0.15, 0.2) is 41.9 Å². The Kier molecular flexibility index (Phi) is 3.66. The molecule has 0 aromatic carbocycles. The summed E-state index contributed by atoms with van der Waals surface area (Å²) in [6.07, 6.45) is 5.07. The highest BCUT2D eigenvalue weighted by Gasteiger charge is 2.02. The Labute approximate surface area is 103 Å². The molecule has 17 heavy (non-hydrogen) atoms. The maximum atomic E-state index is 7.31. The average Bonchev–Trinajstić information content (AvgIpc) is 2.38. The first-order chi connectivity index (χ1) is 8.25. The van der Waals surface area contributed by atoms with Crippen LogP contribution in [0.1, 0.15) is 11.3 Å². The molecule has 6 heteroatoms. The van der Waals surface area contributed by atoms with E-state index in [-0.39, 0.29) is 5.84 Å². The van der Waals surface area contributed by atoms with Gasteiger partial charge in [0.1, 0.15) is 11.5 Å². The number of hydrogen-bond acceptors (Lipinski definition) is 5. The van der Waals surface area contributed by atoms with Crippen LogP contribution in [0.5, 0.6) is 0 Å². The van der Waals surface area contributed by atoms with Crippen molar-refractivity contribution in [2.24, 2.45) is 5.73 Å². The smallest absolute Gasteiger partial charge is 0.187 e. The summed E-state index contributed by atoms with van der Waals surface area (Å²) >= 11 is 1.53. The first kappa shape index (κ1) is 11.5. The zero-order chi connectivity index (χ0) is 12.1. The Hall–Kier alpha value is -1.95. The van der Waals surface area contributed by atoms with Crippen molar-refractivity contribution < 1.29 is 0 Å². The predicted molar refractivity (Wildman–Crippen MR) is 66.8 cm³/mol. The van der Waals surface area contributed by atoms with Gasteiger partial charge in [-0.15, -0.1) is 0 Å². The summed E-state index contributed by atoms with van der Waals surface area (Å²) in [7, 11) is 0. The van der Waals surface area contributed by atoms with Crippen LogP contribution >= 0.6 is 11.8 Å². The molecule has 2 aromatic rings. The van der Waals surface area contributed by atoms with Gasteiger partial charge >= 0.3 is 0 Å². The molecule has 0 radical (unpaired) electrons. The fourth-order valence-corrected chi connectivity index (χ4v) is 1.97. The van der Waals surface area contributed by atoms with Gasteiger partial charge in [-0.3, -0.25) is 10.4 Å². The van der Waals surface area contributed by atoms with Gasteiger partial charge in [0, 0.05) is 24.3 Å². The summed E-state index contributed by atoms with van der Waals surface area (Å²) in [5.41, 5.74) is 6.92. The number of nitrogens with zero attached hydrogens (tertiary/aromatic N) is 3. The lowest BCUT2D eigenvalue weighted by molar-refractivity contribution is 0.966. The molecule has 0 saturated heterocycles. The van der Waals surface area contributed by atoms with Crippen LogP contribution in [-0.2, 0) is 5.75 Å². The molecule has 0 spiro atoms. The lowest BCUT2D eigenvalue weighted by Gasteiger charge is -2.02. The molecule has 5 nitrogen and oxygen atoms in total. The average molecular weight is 245 g/mol. The van der Waals surface area contributed by atoms with Gasteiger partial charge < -0.3 is 5.73 Å². The highest BCUT2D eigenvalue weighted by Crippen LogP contribution is 2.18. The van der Waals surface area contributed by atoms with Crippen LogP contribution in [-0.4, -0.2) is 20.8 Å². The zero-order valence-corrected chi connectivity index (χ0v) is 9.81. The molecule has 0 unspecified atom stereocenters. The van der Waals surface area contributed by atoms with E-state index in [1.807, 2.05) is 6.07 Å². The van der Waals surface area contributed by atoms with Crippen molar-refractivity contribution >= 4 is 17.6 Å². The number of nitrogens with one attached hydrogen (secondary N) is 1. The van der Waals surface area contributed by atoms with Gasteiger partial charge in [0.2, 0.25) is 0 Å². The van der Waals surface area contributed by atoms with E-state index in [0.717, 1.165) is 16.5 Å². The molecule has 0 atom stereocenters. The van der Waals surface area contributed by atoms with Crippen LogP contribution < -0.4 is 5.73 Å². The second-order valence-corrected chi connectivity index (χ2v) is 4.23. The summed E-state index contributed by atoms with van der Waals surface area (Å²) < 4.78 is 0. The second kappa shape index (κ2) is 5.40. The third-order valence-corrected chi connectivity index (χ3v) is 2.96. The van der Waals surface area contributed by atoms with Crippen molar-refractivity contribution in [1.82, 2.24) is 15.0 Å². The molecule has 0 saturated carbocycles. The number of hydrogen-bond donors (Lipinski definition) is 2. The zero-order valence-electron chi connectivity index (χ0n) is 9.00. The molecule has 86 valence electrons. The molecule has 2 aromatic heterocycles. The first-order valence-corrected chi connectivity index (χ1v) is 5.93. The van der Waals surface area contributed by atoms with E-state index in [9.17, 15) is 0 Å². The highest BCUT2D eigenvalue weighted by atomic mass is 32.2. The van der Waals surface area contributed by atoms with Crippen molar-refractivity contribution in [2.75, 3.05) is 0 Å². The van der Waals surface area contributed by atoms with E-state index < -0.39 is 0 Å². The number of amidine groups is 1. The normalized spacial score (nSPS) is 10.1. The Morgan fingerprint density at radius 2 is 2.00 bits per heavy atom. The number of aromatic nitrogens is 3. The minimum atomic E-state index is -0.0205. The Morgan fingerprint density at radius 1 is 1.24 bits per heavy atom. The maximum absolute atomic E-state index is 7.31. The lowest BCUT2D eigenvalue weighted by Crippen LogP contribution is -2.13. The fraction of sp³-hybridized carbons (Fsp3) is 0.0909. The molecule has 0 aliphatic carbocycles. The summed E-state index contributed by atoms with van der Waals surface area (Å²) in [6.45, 7) is 0. The summed E-state index contributed by atoms with van der Waals surface area (Å²) in [5, 5.41) is 8.04. The van der Waals surface area contributed by atoms with Crippen molar-refractivity contribution in [1.29, 1.82) is 5.41 Å². The molecule has 0 bridgehead atoms. The molecule has 0 aliphatic heterocycles. The van der Waals surface area contributed by atoms with Crippen LogP contribution in [0.3, 0.4) is 0 Å². The van der Waals surface area contributed by atoms with Gasteiger partial charge in [0.15, 0.2) is 5.16 Å². The molecule has 2 heterocycles. The number of nitrogen functional groups attached to an aromatic ring is 1. The van der Waals surface area contributed by atoms with Gasteiger partial charge in [0.25, 0.3) is 0 Å². The molecule has 0 fully saturated rings. The van der Waals surface area contributed by atoms with E-state index in [4.69, 9.17) is 11.1 Å². The topological polar surface area (TPSA) is 88.5 Å². The van der Waals surface area contributed by atoms with Crippen LogP contribution in [0, 0.1) is 5.41 Å². The number of rotatable bonds is 4. The minimum Gasteiger partial charge on any atom is -0.382 e. The standard InChI is InChI=1S/C11H11N5S/c12-10(13)9-6-8(2-5-14-9)7-17-11-15-3-1-4-16-11/h1-6H,7H2,(H3,12,13). The minimum absolute atomic E-state index is 0.0205. The van der Waals surface area contributed by atoms with Crippen LogP contribution in [0.25, 0.3) is 0 Å². The monoisotopic (exact) mass is 245 g/mol. The molecule has 0 amide bonds. The quantitative estimate of drug-likeness (QED) is 0.368. The van der Waals surface area contributed by atoms with E-state index in [2.05, 4.69) is 15.0 Å². The van der Waals surface area contributed by atoms with Crippen molar-refractivity contribution in [3.05, 3.63) is 48.0 Å². The molecule has 3 N–H and O–H groups in total. The third-order valence-electron chi connectivity index (χ3n) is 2.01. The number of pyridine rings is 1. The Bertz CT molecular complexity index is 514. The Morgan fingerprint density at radius 3 is 2.71 bits per heavy atom. The molecule has 0 aliphatic rings. The van der Waals surface area contributed by atoms with Crippen LogP contribution in [0.4, 0.5) is 0 Å². The van der Waals surface area contributed by atoms with Crippen LogP contribution in [0.2, 0.25) is 0 Å². The second-order valence-electron chi connectivity index (χ2n) is 3.28.